The predicted octanol–water partition coefficient (Wildman–Crippen LogP) is 3.75. The fourth-order valence-corrected chi connectivity index (χ4v) is 4.62. The van der Waals surface area contributed by atoms with Gasteiger partial charge in [-0.15, -0.1) is 0 Å². The van der Waals surface area contributed by atoms with E-state index < -0.39 is 10.0 Å². The number of ether oxygens (including phenoxy) is 1. The molecule has 0 fully saturated rings. The molecule has 1 aromatic heterocycles. The molecule has 168 valence electrons. The SMILES string of the molecule is CCS(=O)(=O)N1CCc2nc(N(C)Cc3ccccc3)nc(Oc3ccc(F)cc3)c2C1. The van der Waals surface area contributed by atoms with Crippen molar-refractivity contribution in [3.8, 4) is 11.6 Å². The number of aromatic nitrogens is 2. The van der Waals surface area contributed by atoms with Gasteiger partial charge in [0, 0.05) is 33.1 Å². The molecule has 2 heterocycles. The van der Waals surface area contributed by atoms with Crippen molar-refractivity contribution in [3.05, 3.63) is 77.2 Å². The van der Waals surface area contributed by atoms with Crippen LogP contribution in [0, 0.1) is 5.82 Å². The average molecular weight is 457 g/mol. The van der Waals surface area contributed by atoms with E-state index in [0.29, 0.717) is 36.8 Å². The summed E-state index contributed by atoms with van der Waals surface area (Å²) in [5, 5.41) is 0. The summed E-state index contributed by atoms with van der Waals surface area (Å²) in [7, 11) is -1.47. The molecule has 7 nitrogen and oxygen atoms in total. The monoisotopic (exact) mass is 456 g/mol. The fraction of sp³-hybridized carbons (Fsp3) is 0.304. The Morgan fingerprint density at radius 1 is 1.09 bits per heavy atom. The van der Waals surface area contributed by atoms with Crippen molar-refractivity contribution in [2.45, 2.75) is 26.4 Å². The number of sulfonamides is 1. The fourth-order valence-electron chi connectivity index (χ4n) is 3.56. The summed E-state index contributed by atoms with van der Waals surface area (Å²) in [4.78, 5) is 11.3. The first-order chi connectivity index (χ1) is 15.4. The van der Waals surface area contributed by atoms with Crippen LogP contribution in [0.2, 0.25) is 0 Å². The van der Waals surface area contributed by atoms with Gasteiger partial charge in [-0.25, -0.2) is 17.8 Å². The van der Waals surface area contributed by atoms with Gasteiger partial charge in [-0.2, -0.15) is 9.29 Å². The van der Waals surface area contributed by atoms with Gasteiger partial charge in [0.25, 0.3) is 0 Å². The first-order valence-corrected chi connectivity index (χ1v) is 12.0. The predicted molar refractivity (Wildman–Crippen MR) is 121 cm³/mol. The maximum absolute atomic E-state index is 13.3. The van der Waals surface area contributed by atoms with Crippen LogP contribution in [0.4, 0.5) is 10.3 Å². The van der Waals surface area contributed by atoms with E-state index in [1.54, 1.807) is 6.92 Å². The molecule has 0 saturated carbocycles. The average Bonchev–Trinajstić information content (AvgIpc) is 2.80. The summed E-state index contributed by atoms with van der Waals surface area (Å²) < 4.78 is 45.7. The molecule has 4 rings (SSSR count). The van der Waals surface area contributed by atoms with Gasteiger partial charge in [0.05, 0.1) is 17.0 Å². The van der Waals surface area contributed by atoms with Crippen LogP contribution in [-0.2, 0) is 29.5 Å². The van der Waals surface area contributed by atoms with Crippen LogP contribution >= 0.6 is 0 Å². The first kappa shape index (κ1) is 22.2. The molecule has 32 heavy (non-hydrogen) atoms. The van der Waals surface area contributed by atoms with E-state index in [1.807, 2.05) is 42.3 Å². The Bertz CT molecular complexity index is 1190. The van der Waals surface area contributed by atoms with E-state index >= 15 is 0 Å². The highest BCUT2D eigenvalue weighted by Gasteiger charge is 2.30. The van der Waals surface area contributed by atoms with Crippen LogP contribution in [0.5, 0.6) is 11.6 Å². The van der Waals surface area contributed by atoms with Gasteiger partial charge in [-0.1, -0.05) is 30.3 Å². The minimum absolute atomic E-state index is 0.0231. The lowest BCUT2D eigenvalue weighted by molar-refractivity contribution is 0.369. The maximum atomic E-state index is 13.3. The standard InChI is InChI=1S/C23H25FN4O3S/c1-3-32(29,30)28-14-13-21-20(16-28)22(31-19-11-9-18(24)10-12-19)26-23(25-21)27(2)15-17-7-5-4-6-8-17/h4-12H,3,13-16H2,1-2H3. The molecule has 0 aliphatic carbocycles. The summed E-state index contributed by atoms with van der Waals surface area (Å²) in [5.74, 6) is 0.837. The Morgan fingerprint density at radius 3 is 2.50 bits per heavy atom. The molecule has 0 spiro atoms. The third-order valence-corrected chi connectivity index (χ3v) is 7.19. The zero-order valence-electron chi connectivity index (χ0n) is 18.0. The van der Waals surface area contributed by atoms with Crippen molar-refractivity contribution >= 4 is 16.0 Å². The summed E-state index contributed by atoms with van der Waals surface area (Å²) in [6, 6.07) is 15.6. The number of nitrogens with zero attached hydrogens (tertiary/aromatic N) is 4. The Morgan fingerprint density at radius 2 is 1.81 bits per heavy atom. The smallest absolute Gasteiger partial charge is 0.228 e. The van der Waals surface area contributed by atoms with Crippen molar-refractivity contribution in [2.75, 3.05) is 24.2 Å². The second-order valence-corrected chi connectivity index (χ2v) is 9.89. The van der Waals surface area contributed by atoms with E-state index in [2.05, 4.69) is 4.98 Å². The lowest BCUT2D eigenvalue weighted by atomic mass is 10.1. The van der Waals surface area contributed by atoms with Crippen LogP contribution in [0.3, 0.4) is 0 Å². The maximum Gasteiger partial charge on any atom is 0.228 e. The van der Waals surface area contributed by atoms with Gasteiger partial charge in [0.2, 0.25) is 21.9 Å². The largest absolute Gasteiger partial charge is 0.438 e. The second kappa shape index (κ2) is 9.22. The van der Waals surface area contributed by atoms with Crippen molar-refractivity contribution in [1.82, 2.24) is 14.3 Å². The molecule has 0 bridgehead atoms. The van der Waals surface area contributed by atoms with Gasteiger partial charge < -0.3 is 9.64 Å². The number of halogens is 1. The Kier molecular flexibility index (Phi) is 6.38. The number of rotatable bonds is 7. The minimum atomic E-state index is -3.36. The van der Waals surface area contributed by atoms with E-state index in [9.17, 15) is 12.8 Å². The Balaban J connectivity index is 1.70. The molecule has 1 aliphatic heterocycles. The van der Waals surface area contributed by atoms with Crippen molar-refractivity contribution in [2.24, 2.45) is 0 Å². The summed E-state index contributed by atoms with van der Waals surface area (Å²) in [6.07, 6.45) is 0.461. The molecule has 0 radical (unpaired) electrons. The third kappa shape index (κ3) is 4.89. The van der Waals surface area contributed by atoms with Gasteiger partial charge in [-0.3, -0.25) is 0 Å². The Hall–Kier alpha value is -3.04. The molecule has 0 N–H and O–H groups in total. The molecule has 2 aromatic carbocycles. The number of hydrogen-bond acceptors (Lipinski definition) is 6. The number of fused-ring (bicyclic) bond motifs is 1. The topological polar surface area (TPSA) is 75.6 Å². The third-order valence-electron chi connectivity index (χ3n) is 5.37. The molecular weight excluding hydrogens is 431 g/mol. The van der Waals surface area contributed by atoms with E-state index in [1.165, 1.54) is 28.6 Å². The zero-order valence-corrected chi connectivity index (χ0v) is 18.8. The molecule has 0 saturated heterocycles. The van der Waals surface area contributed by atoms with Crippen molar-refractivity contribution in [3.63, 3.8) is 0 Å². The highest BCUT2D eigenvalue weighted by atomic mass is 32.2. The highest BCUT2D eigenvalue weighted by molar-refractivity contribution is 7.89. The van der Waals surface area contributed by atoms with E-state index in [4.69, 9.17) is 9.72 Å². The van der Waals surface area contributed by atoms with Gasteiger partial charge in [-0.05, 0) is 36.8 Å². The zero-order chi connectivity index (χ0) is 22.7. The van der Waals surface area contributed by atoms with Crippen molar-refractivity contribution < 1.29 is 17.5 Å². The quantitative estimate of drug-likeness (QED) is 0.539. The molecule has 9 heteroatoms. The Labute approximate surface area is 187 Å². The van der Waals surface area contributed by atoms with Crippen LogP contribution in [0.1, 0.15) is 23.7 Å². The van der Waals surface area contributed by atoms with E-state index in [0.717, 1.165) is 11.3 Å². The number of benzene rings is 2. The number of anilines is 1. The second-order valence-electron chi connectivity index (χ2n) is 7.64. The number of hydrogen-bond donors (Lipinski definition) is 0. The summed E-state index contributed by atoms with van der Waals surface area (Å²) >= 11 is 0. The van der Waals surface area contributed by atoms with Crippen LogP contribution in [-0.4, -0.2) is 42.0 Å². The van der Waals surface area contributed by atoms with Gasteiger partial charge in [0.15, 0.2) is 0 Å². The van der Waals surface area contributed by atoms with E-state index in [-0.39, 0.29) is 24.0 Å². The van der Waals surface area contributed by atoms with Crippen LogP contribution in [0.25, 0.3) is 0 Å². The summed E-state index contributed by atoms with van der Waals surface area (Å²) in [5.41, 5.74) is 2.50. The van der Waals surface area contributed by atoms with Crippen molar-refractivity contribution in [1.29, 1.82) is 0 Å². The summed E-state index contributed by atoms with van der Waals surface area (Å²) in [6.45, 7) is 2.73. The molecule has 3 aromatic rings. The molecule has 0 unspecified atom stereocenters. The lowest BCUT2D eigenvalue weighted by Gasteiger charge is -2.29. The highest BCUT2D eigenvalue weighted by Crippen LogP contribution is 2.32. The van der Waals surface area contributed by atoms with Gasteiger partial charge in [0.1, 0.15) is 11.6 Å². The van der Waals surface area contributed by atoms with Crippen LogP contribution in [0.15, 0.2) is 54.6 Å². The minimum Gasteiger partial charge on any atom is -0.438 e. The normalized spacial score (nSPS) is 14.1. The first-order valence-electron chi connectivity index (χ1n) is 10.4. The van der Waals surface area contributed by atoms with Crippen LogP contribution < -0.4 is 9.64 Å². The molecule has 0 atom stereocenters. The van der Waals surface area contributed by atoms with Gasteiger partial charge >= 0.3 is 0 Å². The molecule has 0 amide bonds. The lowest BCUT2D eigenvalue weighted by Crippen LogP contribution is -2.38. The molecule has 1 aliphatic rings. The molecular formula is C23H25FN4O3S.